The molecule has 2 atom stereocenters. The van der Waals surface area contributed by atoms with E-state index in [0.717, 1.165) is 30.5 Å². The van der Waals surface area contributed by atoms with Gasteiger partial charge in [0.2, 0.25) is 11.8 Å². The van der Waals surface area contributed by atoms with Gasteiger partial charge < -0.3 is 16.0 Å². The third-order valence-electron chi connectivity index (χ3n) is 4.18. The minimum absolute atomic E-state index is 0.00550. The van der Waals surface area contributed by atoms with Crippen molar-refractivity contribution in [1.29, 1.82) is 0 Å². The maximum absolute atomic E-state index is 12.0. The van der Waals surface area contributed by atoms with Crippen LogP contribution in [0.15, 0.2) is 24.3 Å². The predicted octanol–water partition coefficient (Wildman–Crippen LogP) is 2.43. The molecule has 2 unspecified atom stereocenters. The average Bonchev–Trinajstić information content (AvgIpc) is 3.35. The highest BCUT2D eigenvalue weighted by molar-refractivity contribution is 5.92. The summed E-state index contributed by atoms with van der Waals surface area (Å²) >= 11 is 0. The van der Waals surface area contributed by atoms with E-state index in [4.69, 9.17) is 0 Å². The molecule has 126 valence electrons. The first-order chi connectivity index (χ1) is 11.0. The lowest BCUT2D eigenvalue weighted by atomic mass is 10.1. The van der Waals surface area contributed by atoms with Gasteiger partial charge in [0, 0.05) is 24.2 Å². The average molecular weight is 317 g/mol. The van der Waals surface area contributed by atoms with Crippen molar-refractivity contribution >= 4 is 17.5 Å². The SMILES string of the molecule is CCC(C)C(=O)Nc1cccc(CNC(=O)C(C)NC2CC2)c1. The van der Waals surface area contributed by atoms with Crippen molar-refractivity contribution in [2.24, 2.45) is 5.92 Å². The predicted molar refractivity (Wildman–Crippen MR) is 92.0 cm³/mol. The topological polar surface area (TPSA) is 70.2 Å². The van der Waals surface area contributed by atoms with Crippen LogP contribution in [0.1, 0.15) is 45.6 Å². The molecule has 3 N–H and O–H groups in total. The van der Waals surface area contributed by atoms with Crippen molar-refractivity contribution in [3.8, 4) is 0 Å². The monoisotopic (exact) mass is 317 g/mol. The van der Waals surface area contributed by atoms with Crippen LogP contribution in [0.3, 0.4) is 0 Å². The number of nitrogens with one attached hydrogen (secondary N) is 3. The molecule has 1 saturated carbocycles. The van der Waals surface area contributed by atoms with Crippen LogP contribution in [-0.4, -0.2) is 23.9 Å². The van der Waals surface area contributed by atoms with E-state index in [0.29, 0.717) is 12.6 Å². The molecule has 2 amide bonds. The first-order valence-electron chi connectivity index (χ1n) is 8.43. The molecule has 1 aliphatic carbocycles. The number of anilines is 1. The van der Waals surface area contributed by atoms with Crippen LogP contribution >= 0.6 is 0 Å². The molecule has 1 fully saturated rings. The highest BCUT2D eigenvalue weighted by Crippen LogP contribution is 2.19. The lowest BCUT2D eigenvalue weighted by Gasteiger charge is -2.14. The molecule has 0 radical (unpaired) electrons. The summed E-state index contributed by atoms with van der Waals surface area (Å²) in [6.45, 7) is 6.25. The zero-order chi connectivity index (χ0) is 16.8. The van der Waals surface area contributed by atoms with E-state index >= 15 is 0 Å². The van der Waals surface area contributed by atoms with Gasteiger partial charge >= 0.3 is 0 Å². The zero-order valence-electron chi connectivity index (χ0n) is 14.2. The number of hydrogen-bond donors (Lipinski definition) is 3. The summed E-state index contributed by atoms with van der Waals surface area (Å²) < 4.78 is 0. The molecule has 0 aromatic heterocycles. The summed E-state index contributed by atoms with van der Waals surface area (Å²) in [6.07, 6.45) is 3.14. The minimum atomic E-state index is -0.171. The van der Waals surface area contributed by atoms with Crippen LogP contribution in [-0.2, 0) is 16.1 Å². The normalized spacial score (nSPS) is 16.5. The summed E-state index contributed by atoms with van der Waals surface area (Å²) in [4.78, 5) is 24.0. The molecule has 0 saturated heterocycles. The number of amides is 2. The van der Waals surface area contributed by atoms with Gasteiger partial charge in [-0.15, -0.1) is 0 Å². The van der Waals surface area contributed by atoms with Crippen molar-refractivity contribution in [3.63, 3.8) is 0 Å². The molecule has 0 bridgehead atoms. The van der Waals surface area contributed by atoms with Gasteiger partial charge in [-0.05, 0) is 43.9 Å². The third kappa shape index (κ3) is 5.67. The van der Waals surface area contributed by atoms with E-state index in [-0.39, 0.29) is 23.8 Å². The van der Waals surface area contributed by atoms with E-state index in [1.807, 2.05) is 45.0 Å². The maximum atomic E-state index is 12.0. The van der Waals surface area contributed by atoms with E-state index < -0.39 is 0 Å². The van der Waals surface area contributed by atoms with Gasteiger partial charge in [-0.3, -0.25) is 9.59 Å². The van der Waals surface area contributed by atoms with Crippen LogP contribution in [0.2, 0.25) is 0 Å². The highest BCUT2D eigenvalue weighted by Gasteiger charge is 2.25. The van der Waals surface area contributed by atoms with Crippen LogP contribution in [0, 0.1) is 5.92 Å². The van der Waals surface area contributed by atoms with Gasteiger partial charge in [-0.1, -0.05) is 26.0 Å². The van der Waals surface area contributed by atoms with Gasteiger partial charge in [0.05, 0.1) is 6.04 Å². The van der Waals surface area contributed by atoms with Crippen molar-refractivity contribution in [3.05, 3.63) is 29.8 Å². The molecule has 5 nitrogen and oxygen atoms in total. The number of rotatable bonds is 8. The third-order valence-corrected chi connectivity index (χ3v) is 4.18. The van der Waals surface area contributed by atoms with Crippen LogP contribution in [0.4, 0.5) is 5.69 Å². The van der Waals surface area contributed by atoms with Gasteiger partial charge in [-0.25, -0.2) is 0 Å². The Morgan fingerprint density at radius 1 is 1.22 bits per heavy atom. The van der Waals surface area contributed by atoms with E-state index in [1.54, 1.807) is 0 Å². The van der Waals surface area contributed by atoms with Crippen molar-refractivity contribution < 1.29 is 9.59 Å². The molecule has 0 aliphatic heterocycles. The van der Waals surface area contributed by atoms with Gasteiger partial charge in [0.1, 0.15) is 0 Å². The molecule has 1 aliphatic rings. The lowest BCUT2D eigenvalue weighted by Crippen LogP contribution is -2.42. The summed E-state index contributed by atoms with van der Waals surface area (Å²) in [5.74, 6) is 0.0228. The molecule has 23 heavy (non-hydrogen) atoms. The Morgan fingerprint density at radius 2 is 1.96 bits per heavy atom. The Balaban J connectivity index is 1.84. The largest absolute Gasteiger partial charge is 0.351 e. The minimum Gasteiger partial charge on any atom is -0.351 e. The second-order valence-corrected chi connectivity index (χ2v) is 6.38. The second-order valence-electron chi connectivity index (χ2n) is 6.38. The molecule has 2 rings (SSSR count). The van der Waals surface area contributed by atoms with E-state index in [9.17, 15) is 9.59 Å². The molecule has 1 aromatic carbocycles. The fourth-order valence-corrected chi connectivity index (χ4v) is 2.23. The smallest absolute Gasteiger partial charge is 0.237 e. The Hall–Kier alpha value is -1.88. The van der Waals surface area contributed by atoms with Gasteiger partial charge in [-0.2, -0.15) is 0 Å². The van der Waals surface area contributed by atoms with E-state index in [2.05, 4.69) is 16.0 Å². The lowest BCUT2D eigenvalue weighted by molar-refractivity contribution is -0.123. The molecular weight excluding hydrogens is 290 g/mol. The Morgan fingerprint density at radius 3 is 2.61 bits per heavy atom. The van der Waals surface area contributed by atoms with Crippen LogP contribution in [0.25, 0.3) is 0 Å². The molecule has 0 spiro atoms. The standard InChI is InChI=1S/C18H27N3O2/c1-4-12(2)17(22)21-16-7-5-6-14(10-16)11-19-18(23)13(3)20-15-8-9-15/h5-7,10,12-13,15,20H,4,8-9,11H2,1-3H3,(H,19,23)(H,21,22). The maximum Gasteiger partial charge on any atom is 0.237 e. The van der Waals surface area contributed by atoms with Gasteiger partial charge in [0.25, 0.3) is 0 Å². The Kier molecular flexibility index (Phi) is 6.16. The first kappa shape index (κ1) is 17.5. The van der Waals surface area contributed by atoms with Crippen LogP contribution < -0.4 is 16.0 Å². The Bertz CT molecular complexity index is 555. The Labute approximate surface area is 138 Å². The van der Waals surface area contributed by atoms with Crippen molar-refractivity contribution in [1.82, 2.24) is 10.6 Å². The second kappa shape index (κ2) is 8.11. The van der Waals surface area contributed by atoms with Crippen molar-refractivity contribution in [2.75, 3.05) is 5.32 Å². The quantitative estimate of drug-likeness (QED) is 0.689. The first-order valence-corrected chi connectivity index (χ1v) is 8.43. The van der Waals surface area contributed by atoms with Crippen molar-refractivity contribution in [2.45, 2.75) is 58.7 Å². The fraction of sp³-hybridized carbons (Fsp3) is 0.556. The summed E-state index contributed by atoms with van der Waals surface area (Å²) in [5, 5.41) is 9.12. The summed E-state index contributed by atoms with van der Waals surface area (Å²) in [5.41, 5.74) is 1.74. The fourth-order valence-electron chi connectivity index (χ4n) is 2.23. The molecule has 0 heterocycles. The number of carbonyl (C=O) groups excluding carboxylic acids is 2. The molecular formula is C18H27N3O2. The van der Waals surface area contributed by atoms with E-state index in [1.165, 1.54) is 0 Å². The van der Waals surface area contributed by atoms with Crippen LogP contribution in [0.5, 0.6) is 0 Å². The number of benzene rings is 1. The van der Waals surface area contributed by atoms with Gasteiger partial charge in [0.15, 0.2) is 0 Å². The summed E-state index contributed by atoms with van der Waals surface area (Å²) in [7, 11) is 0. The zero-order valence-corrected chi connectivity index (χ0v) is 14.2. The molecule has 5 heteroatoms. The summed E-state index contributed by atoms with van der Waals surface area (Å²) in [6, 6.07) is 7.94. The molecule has 1 aromatic rings. The number of carbonyl (C=O) groups is 2. The number of hydrogen-bond acceptors (Lipinski definition) is 3. The highest BCUT2D eigenvalue weighted by atomic mass is 16.2.